The van der Waals surface area contributed by atoms with Gasteiger partial charge < -0.3 is 30.3 Å². The first kappa shape index (κ1) is 23.4. The molecule has 0 aromatic heterocycles. The number of aliphatic carboxylic acids is 2. The molecule has 0 heterocycles. The van der Waals surface area contributed by atoms with Gasteiger partial charge in [-0.25, -0.2) is 14.4 Å². The number of rotatable bonds is 10. The zero-order valence-corrected chi connectivity index (χ0v) is 15.9. The lowest BCUT2D eigenvalue weighted by molar-refractivity contribution is -0.139. The fraction of sp³-hybridized carbons (Fsp3) is 0.353. The topological polar surface area (TPSA) is 170 Å². The first-order chi connectivity index (χ1) is 13.0. The average molecular weight is 415 g/mol. The summed E-state index contributed by atoms with van der Waals surface area (Å²) in [6, 6.07) is 7.14. The number of carboxylic acid groups (broad SMARTS) is 2. The lowest BCUT2D eigenvalue weighted by atomic mass is 10.2. The zero-order valence-electron chi connectivity index (χ0n) is 15.0. The van der Waals surface area contributed by atoms with Crippen LogP contribution >= 0.6 is 7.37 Å². The maximum atomic E-state index is 12.2. The van der Waals surface area contributed by atoms with E-state index in [-0.39, 0.29) is 12.2 Å². The molecule has 10 nitrogen and oxygen atoms in total. The van der Waals surface area contributed by atoms with Crippen molar-refractivity contribution in [1.29, 1.82) is 0 Å². The van der Waals surface area contributed by atoms with Crippen LogP contribution in [-0.2, 0) is 25.5 Å². The van der Waals surface area contributed by atoms with Crippen LogP contribution in [0.5, 0.6) is 0 Å². The van der Waals surface area contributed by atoms with Gasteiger partial charge in [0.25, 0.3) is 0 Å². The molecule has 0 radical (unpaired) electrons. The number of ether oxygens (including phenoxy) is 1. The third-order valence-corrected chi connectivity index (χ3v) is 5.75. The highest BCUT2D eigenvalue weighted by atomic mass is 31.2. The molecular weight excluding hydrogens is 393 g/mol. The van der Waals surface area contributed by atoms with Crippen LogP contribution in [0.2, 0.25) is 0 Å². The first-order valence-corrected chi connectivity index (χ1v) is 10.0. The molecule has 5 N–H and O–H groups in total. The summed E-state index contributed by atoms with van der Waals surface area (Å²) >= 11 is 0. The van der Waals surface area contributed by atoms with Crippen molar-refractivity contribution in [3.8, 4) is 0 Å². The second-order valence-corrected chi connectivity index (χ2v) is 8.41. The Hall–Kier alpha value is -2.68. The van der Waals surface area contributed by atoms with Gasteiger partial charge in [-0.05, 0) is 24.5 Å². The van der Waals surface area contributed by atoms with E-state index in [4.69, 9.17) is 9.84 Å². The molecule has 1 aromatic carbocycles. The molecule has 154 valence electrons. The maximum Gasteiger partial charge on any atom is 0.408 e. The van der Waals surface area contributed by atoms with E-state index >= 15 is 0 Å². The predicted molar refractivity (Wildman–Crippen MR) is 97.9 cm³/mol. The van der Waals surface area contributed by atoms with E-state index in [2.05, 4.69) is 5.32 Å². The van der Waals surface area contributed by atoms with Gasteiger partial charge in [-0.15, -0.1) is 0 Å². The van der Waals surface area contributed by atoms with Crippen molar-refractivity contribution < 1.29 is 43.9 Å². The number of carbonyl (C=O) groups is 3. The Morgan fingerprint density at radius 1 is 1.21 bits per heavy atom. The van der Waals surface area contributed by atoms with Gasteiger partial charge in [0, 0.05) is 12.2 Å². The van der Waals surface area contributed by atoms with E-state index in [0.29, 0.717) is 11.6 Å². The third-order valence-electron chi connectivity index (χ3n) is 3.68. The third kappa shape index (κ3) is 7.91. The zero-order chi connectivity index (χ0) is 21.3. The van der Waals surface area contributed by atoms with E-state index in [1.807, 2.05) is 0 Å². The van der Waals surface area contributed by atoms with E-state index < -0.39 is 49.9 Å². The highest BCUT2D eigenvalue weighted by Crippen LogP contribution is 2.48. The molecule has 0 saturated heterocycles. The van der Waals surface area contributed by atoms with Crippen molar-refractivity contribution in [2.45, 2.75) is 31.8 Å². The van der Waals surface area contributed by atoms with Crippen LogP contribution in [0.25, 0.3) is 0 Å². The predicted octanol–water partition coefficient (Wildman–Crippen LogP) is 1.38. The van der Waals surface area contributed by atoms with Gasteiger partial charge in [0.1, 0.15) is 12.6 Å². The Balaban J connectivity index is 2.64. The fourth-order valence-corrected chi connectivity index (χ4v) is 3.77. The molecule has 0 aliphatic heterocycles. The summed E-state index contributed by atoms with van der Waals surface area (Å²) in [4.78, 5) is 43.6. The van der Waals surface area contributed by atoms with E-state index in [1.54, 1.807) is 30.3 Å². The van der Waals surface area contributed by atoms with Crippen LogP contribution in [0.15, 0.2) is 42.0 Å². The summed E-state index contributed by atoms with van der Waals surface area (Å²) in [5.41, 5.74) is 0.439. The first-order valence-electron chi connectivity index (χ1n) is 8.13. The van der Waals surface area contributed by atoms with Gasteiger partial charge in [-0.2, -0.15) is 0 Å². The molecule has 1 rings (SSSR count). The van der Waals surface area contributed by atoms with Crippen LogP contribution in [0.4, 0.5) is 4.79 Å². The number of aliphatic hydroxyl groups is 1. The number of nitrogens with one attached hydrogen (secondary N) is 1. The lowest BCUT2D eigenvalue weighted by Crippen LogP contribution is -2.41. The molecule has 11 heteroatoms. The molecule has 1 amide bonds. The van der Waals surface area contributed by atoms with Crippen molar-refractivity contribution in [3.05, 3.63) is 47.5 Å². The van der Waals surface area contributed by atoms with Gasteiger partial charge in [0.15, 0.2) is 5.85 Å². The van der Waals surface area contributed by atoms with Gasteiger partial charge in [-0.1, -0.05) is 30.3 Å². The van der Waals surface area contributed by atoms with Gasteiger partial charge in [0.2, 0.25) is 7.37 Å². The Morgan fingerprint density at radius 2 is 1.82 bits per heavy atom. The minimum Gasteiger partial charge on any atom is -0.480 e. The van der Waals surface area contributed by atoms with Crippen LogP contribution in [0, 0.1) is 0 Å². The molecule has 0 aliphatic carbocycles. The molecule has 0 bridgehead atoms. The maximum absolute atomic E-state index is 12.2. The van der Waals surface area contributed by atoms with Crippen LogP contribution in [0.3, 0.4) is 0 Å². The molecule has 0 aliphatic rings. The molecule has 0 fully saturated rings. The molecule has 1 aromatic rings. The number of hydrogen-bond acceptors (Lipinski definition) is 6. The molecule has 3 atom stereocenters. The van der Waals surface area contributed by atoms with Crippen LogP contribution in [0.1, 0.15) is 18.9 Å². The highest BCUT2D eigenvalue weighted by molar-refractivity contribution is 7.58. The number of carboxylic acids is 2. The lowest BCUT2D eigenvalue weighted by Gasteiger charge is -2.21. The number of carbonyl (C=O) groups excluding carboxylic acids is 1. The number of alkyl carbamates (subject to hydrolysis) is 1. The number of benzene rings is 1. The largest absolute Gasteiger partial charge is 0.480 e. The van der Waals surface area contributed by atoms with Crippen molar-refractivity contribution in [2.75, 3.05) is 6.16 Å². The van der Waals surface area contributed by atoms with Crippen molar-refractivity contribution in [3.63, 3.8) is 0 Å². The summed E-state index contributed by atoms with van der Waals surface area (Å²) in [5, 5.41) is 29.7. The second kappa shape index (κ2) is 10.6. The Bertz CT molecular complexity index is 778. The Kier molecular flexibility index (Phi) is 8.84. The number of aliphatic hydroxyl groups excluding tert-OH is 1. The van der Waals surface area contributed by atoms with Gasteiger partial charge >= 0.3 is 18.0 Å². The molecule has 0 saturated carbocycles. The summed E-state index contributed by atoms with van der Waals surface area (Å²) in [7, 11) is -4.33. The van der Waals surface area contributed by atoms with Gasteiger partial charge in [0.05, 0.1) is 0 Å². The quantitative estimate of drug-likeness (QED) is 0.280. The molecule has 0 spiro atoms. The standard InChI is InChI=1S/C17H22NO9P/c1-11(9-14(19)20)16(23)28(25,26)8-7-13(15(21)22)18-17(24)27-10-12-5-3-2-4-6-12/h2-6,9,13,16,23H,7-8,10H2,1H3,(H,18,24)(H,19,20)(H,21,22)(H,25,26)/t13-,16?/m0/s1. The van der Waals surface area contributed by atoms with Crippen molar-refractivity contribution >= 4 is 25.4 Å². The Labute approximate surface area is 160 Å². The highest BCUT2D eigenvalue weighted by Gasteiger charge is 2.33. The Morgan fingerprint density at radius 3 is 2.36 bits per heavy atom. The van der Waals surface area contributed by atoms with Crippen LogP contribution < -0.4 is 5.32 Å². The molecule has 2 unspecified atom stereocenters. The van der Waals surface area contributed by atoms with E-state index in [9.17, 15) is 34.1 Å². The normalized spacial score (nSPS) is 15.8. The summed E-state index contributed by atoms with van der Waals surface area (Å²) in [5.74, 6) is -4.81. The van der Waals surface area contributed by atoms with Gasteiger partial charge in [-0.3, -0.25) is 4.57 Å². The summed E-state index contributed by atoms with van der Waals surface area (Å²) in [6.07, 6.45) is -1.57. The molecular formula is C17H22NO9P. The number of hydrogen-bond donors (Lipinski definition) is 5. The van der Waals surface area contributed by atoms with Crippen molar-refractivity contribution in [1.82, 2.24) is 5.32 Å². The van der Waals surface area contributed by atoms with Crippen LogP contribution in [-0.4, -0.2) is 56.3 Å². The average Bonchev–Trinajstić information content (AvgIpc) is 2.62. The summed E-state index contributed by atoms with van der Waals surface area (Å²) in [6.45, 7) is 1.07. The molecule has 28 heavy (non-hydrogen) atoms. The number of amides is 1. The smallest absolute Gasteiger partial charge is 0.408 e. The van der Waals surface area contributed by atoms with E-state index in [0.717, 1.165) is 6.92 Å². The second-order valence-electron chi connectivity index (χ2n) is 5.97. The minimum absolute atomic E-state index is 0.0879. The minimum atomic E-state index is -4.33. The van der Waals surface area contributed by atoms with Crippen molar-refractivity contribution in [2.24, 2.45) is 0 Å². The fourth-order valence-electron chi connectivity index (χ4n) is 2.19. The van der Waals surface area contributed by atoms with E-state index in [1.165, 1.54) is 0 Å². The monoisotopic (exact) mass is 415 g/mol. The summed E-state index contributed by atoms with van der Waals surface area (Å²) < 4.78 is 17.1. The SMILES string of the molecule is CC(=CC(=O)O)C(O)P(=O)(O)CC[C@H](NC(=O)OCc1ccccc1)C(=O)O.